The second kappa shape index (κ2) is 5.51. The number of rotatable bonds is 3. The fraction of sp³-hybridized carbons (Fsp3) is 0.167. The van der Waals surface area contributed by atoms with E-state index in [9.17, 15) is 5.11 Å². The SMILES string of the molecule is CC[N+]1(Cl)C=NC=C1C([O-])=Nc1ccc(Cl)cc1Cl. The number of aliphatic imine (C=N–C) groups is 2. The number of likely N-dealkylation sites (N-methyl/N-ethyl adjacent to an activating group) is 1. The highest BCUT2D eigenvalue weighted by Gasteiger charge is 2.32. The molecule has 0 spiro atoms. The molecule has 1 heterocycles. The maximum Gasteiger partial charge on any atom is 0.213 e. The van der Waals surface area contributed by atoms with E-state index in [1.807, 2.05) is 6.92 Å². The van der Waals surface area contributed by atoms with Gasteiger partial charge >= 0.3 is 0 Å². The lowest BCUT2D eigenvalue weighted by Gasteiger charge is -2.23. The van der Waals surface area contributed by atoms with Crippen LogP contribution in [0, 0.1) is 0 Å². The summed E-state index contributed by atoms with van der Waals surface area (Å²) in [5.41, 5.74) is 0.637. The largest absolute Gasteiger partial charge is 0.854 e. The lowest BCUT2D eigenvalue weighted by Crippen LogP contribution is -2.40. The Labute approximate surface area is 126 Å². The van der Waals surface area contributed by atoms with Crippen molar-refractivity contribution >= 4 is 52.9 Å². The molecule has 19 heavy (non-hydrogen) atoms. The van der Waals surface area contributed by atoms with E-state index in [1.165, 1.54) is 18.6 Å². The minimum absolute atomic E-state index is 0.187. The van der Waals surface area contributed by atoms with Crippen LogP contribution in [0.5, 0.6) is 0 Å². The number of benzene rings is 1. The molecular weight excluding hydrogens is 309 g/mol. The predicted octanol–water partition coefficient (Wildman–Crippen LogP) is 3.26. The zero-order valence-corrected chi connectivity index (χ0v) is 12.2. The Bertz CT molecular complexity index is 598. The second-order valence-corrected chi connectivity index (χ2v) is 5.33. The number of quaternary nitrogens is 1. The first-order chi connectivity index (χ1) is 8.96. The van der Waals surface area contributed by atoms with Crippen molar-refractivity contribution in [1.82, 2.24) is 0 Å². The van der Waals surface area contributed by atoms with Gasteiger partial charge < -0.3 is 5.11 Å². The molecule has 1 aromatic rings. The molecule has 1 aliphatic heterocycles. The van der Waals surface area contributed by atoms with E-state index in [-0.39, 0.29) is 9.70 Å². The van der Waals surface area contributed by atoms with Crippen molar-refractivity contribution in [2.24, 2.45) is 9.98 Å². The molecule has 4 nitrogen and oxygen atoms in total. The van der Waals surface area contributed by atoms with Crippen molar-refractivity contribution in [1.29, 1.82) is 0 Å². The number of nitrogens with zero attached hydrogens (tertiary/aromatic N) is 3. The molecule has 100 valence electrons. The first kappa shape index (κ1) is 14.3. The lowest BCUT2D eigenvalue weighted by atomic mass is 10.3. The third kappa shape index (κ3) is 2.92. The Morgan fingerprint density at radius 2 is 2.16 bits per heavy atom. The van der Waals surface area contributed by atoms with E-state index in [4.69, 9.17) is 35.0 Å². The van der Waals surface area contributed by atoms with Gasteiger partial charge in [-0.1, -0.05) is 23.2 Å². The van der Waals surface area contributed by atoms with Crippen LogP contribution in [-0.4, -0.2) is 22.8 Å². The van der Waals surface area contributed by atoms with Crippen molar-refractivity contribution in [3.05, 3.63) is 40.1 Å². The van der Waals surface area contributed by atoms with E-state index in [2.05, 4.69) is 9.98 Å². The average Bonchev–Trinajstić information content (AvgIpc) is 2.76. The number of hydrogen-bond donors (Lipinski definition) is 0. The summed E-state index contributed by atoms with van der Waals surface area (Å²) in [5.74, 6) is -0.474. The van der Waals surface area contributed by atoms with E-state index in [1.54, 1.807) is 12.1 Å². The van der Waals surface area contributed by atoms with Gasteiger partial charge in [-0.05, 0) is 25.1 Å². The lowest BCUT2D eigenvalue weighted by molar-refractivity contribution is -0.658. The highest BCUT2D eigenvalue weighted by Crippen LogP contribution is 2.30. The van der Waals surface area contributed by atoms with Gasteiger partial charge in [0, 0.05) is 5.02 Å². The topological polar surface area (TPSA) is 47.8 Å². The first-order valence-electron chi connectivity index (χ1n) is 5.50. The van der Waals surface area contributed by atoms with Crippen LogP contribution in [0.25, 0.3) is 0 Å². The van der Waals surface area contributed by atoms with Crippen LogP contribution in [0.3, 0.4) is 0 Å². The molecule has 0 N–H and O–H groups in total. The van der Waals surface area contributed by atoms with Gasteiger partial charge in [0.1, 0.15) is 6.54 Å². The van der Waals surface area contributed by atoms with Crippen molar-refractivity contribution in [2.75, 3.05) is 6.54 Å². The van der Waals surface area contributed by atoms with Gasteiger partial charge in [-0.2, -0.15) is 0 Å². The monoisotopic (exact) mass is 317 g/mol. The van der Waals surface area contributed by atoms with Gasteiger partial charge in [-0.25, -0.2) is 4.99 Å². The zero-order valence-electron chi connectivity index (χ0n) is 9.98. The summed E-state index contributed by atoms with van der Waals surface area (Å²) in [6.07, 6.45) is 2.89. The van der Waals surface area contributed by atoms with Gasteiger partial charge in [-0.15, -0.1) is 4.00 Å². The average molecular weight is 319 g/mol. The van der Waals surface area contributed by atoms with Crippen molar-refractivity contribution < 1.29 is 9.11 Å². The van der Waals surface area contributed by atoms with Crippen LogP contribution in [0.15, 0.2) is 40.1 Å². The molecule has 0 aliphatic carbocycles. The standard InChI is InChI=1S/C12H10Cl3N3O/c1-2-18(15)7-16-6-11(18)12(19)17-10-4-3-8(13)5-9(10)14/h3-7H,2H2,1H3. The highest BCUT2D eigenvalue weighted by atomic mass is 35.5. The Morgan fingerprint density at radius 3 is 2.79 bits per heavy atom. The first-order valence-corrected chi connectivity index (χ1v) is 6.59. The molecule has 0 saturated heterocycles. The number of halogens is 3. The molecule has 7 heteroatoms. The molecule has 0 saturated carbocycles. The second-order valence-electron chi connectivity index (χ2n) is 3.88. The molecule has 1 aromatic carbocycles. The fourth-order valence-electron chi connectivity index (χ4n) is 1.57. The Balaban J connectivity index is 2.34. The van der Waals surface area contributed by atoms with Gasteiger partial charge in [-0.3, -0.25) is 4.99 Å². The third-order valence-electron chi connectivity index (χ3n) is 2.66. The zero-order chi connectivity index (χ0) is 14.0. The third-order valence-corrected chi connectivity index (χ3v) is 3.70. The normalized spacial score (nSPS) is 22.7. The summed E-state index contributed by atoms with van der Waals surface area (Å²) >= 11 is 18.0. The summed E-state index contributed by atoms with van der Waals surface area (Å²) in [6.45, 7) is 2.34. The predicted molar refractivity (Wildman–Crippen MR) is 76.8 cm³/mol. The Morgan fingerprint density at radius 1 is 1.42 bits per heavy atom. The van der Waals surface area contributed by atoms with E-state index < -0.39 is 5.90 Å². The van der Waals surface area contributed by atoms with Crippen LogP contribution >= 0.6 is 35.0 Å². The van der Waals surface area contributed by atoms with Crippen molar-refractivity contribution in [3.8, 4) is 0 Å². The number of hydrogen-bond acceptors (Lipinski definition) is 3. The Hall–Kier alpha value is -1.07. The smallest absolute Gasteiger partial charge is 0.213 e. The van der Waals surface area contributed by atoms with Crippen LogP contribution in [-0.2, 0) is 0 Å². The Kier molecular flexibility index (Phi) is 4.16. The quantitative estimate of drug-likeness (QED) is 0.479. The van der Waals surface area contributed by atoms with E-state index >= 15 is 0 Å². The minimum atomic E-state index is -0.474. The van der Waals surface area contributed by atoms with Crippen LogP contribution < -0.4 is 5.11 Å². The fourth-order valence-corrected chi connectivity index (χ4v) is 2.19. The van der Waals surface area contributed by atoms with Crippen molar-refractivity contribution in [3.63, 3.8) is 0 Å². The summed E-state index contributed by atoms with van der Waals surface area (Å²) in [5, 5.41) is 12.9. The van der Waals surface area contributed by atoms with E-state index in [0.29, 0.717) is 22.3 Å². The molecule has 0 amide bonds. The van der Waals surface area contributed by atoms with Crippen LogP contribution in [0.1, 0.15) is 6.92 Å². The van der Waals surface area contributed by atoms with Gasteiger partial charge in [0.05, 0.1) is 22.8 Å². The molecule has 2 rings (SSSR count). The van der Waals surface area contributed by atoms with Crippen LogP contribution in [0.2, 0.25) is 10.0 Å². The molecule has 1 unspecified atom stereocenters. The summed E-state index contributed by atoms with van der Waals surface area (Å²) in [4.78, 5) is 7.85. The molecule has 0 fully saturated rings. The van der Waals surface area contributed by atoms with Gasteiger partial charge in [0.15, 0.2) is 17.5 Å². The van der Waals surface area contributed by atoms with Gasteiger partial charge in [0.2, 0.25) is 6.34 Å². The van der Waals surface area contributed by atoms with Crippen LogP contribution in [0.4, 0.5) is 5.69 Å². The minimum Gasteiger partial charge on any atom is -0.854 e. The maximum atomic E-state index is 12.1. The maximum absolute atomic E-state index is 12.1. The molecule has 0 bridgehead atoms. The molecule has 1 aliphatic rings. The molecule has 0 radical (unpaired) electrons. The summed E-state index contributed by atoms with van der Waals surface area (Å²) < 4.78 is -0.187. The van der Waals surface area contributed by atoms with Gasteiger partial charge in [0.25, 0.3) is 0 Å². The molecular formula is C12H10Cl3N3O. The summed E-state index contributed by atoms with van der Waals surface area (Å²) in [6, 6.07) is 4.72. The summed E-state index contributed by atoms with van der Waals surface area (Å²) in [7, 11) is 0. The molecule has 1 atom stereocenters. The van der Waals surface area contributed by atoms with Crippen molar-refractivity contribution in [2.45, 2.75) is 6.92 Å². The molecule has 0 aromatic heterocycles. The highest BCUT2D eigenvalue weighted by molar-refractivity contribution is 6.36. The van der Waals surface area contributed by atoms with E-state index in [0.717, 1.165) is 0 Å².